The van der Waals surface area contributed by atoms with Gasteiger partial charge < -0.3 is 20.8 Å². The fourth-order valence-electron chi connectivity index (χ4n) is 2.02. The molecule has 0 spiro atoms. The number of carboxylic acids is 1. The monoisotopic (exact) mass is 288 g/mol. The number of benzene rings is 2. The number of carboxylic acid groups (broad SMARTS) is 1. The third-order valence-electron chi connectivity index (χ3n) is 3.11. The van der Waals surface area contributed by atoms with Crippen molar-refractivity contribution in [3.8, 4) is 0 Å². The van der Waals surface area contributed by atoms with Crippen molar-refractivity contribution < 1.29 is 19.8 Å². The van der Waals surface area contributed by atoms with Crippen molar-refractivity contribution >= 4 is 22.8 Å². The minimum atomic E-state index is -1.31. The highest BCUT2D eigenvalue weighted by Crippen LogP contribution is 2.18. The highest BCUT2D eigenvalue weighted by molar-refractivity contribution is 5.86. The van der Waals surface area contributed by atoms with E-state index in [1.54, 1.807) is 0 Å². The van der Waals surface area contributed by atoms with Gasteiger partial charge in [-0.1, -0.05) is 42.5 Å². The highest BCUT2D eigenvalue weighted by atomic mass is 16.4. The topological polar surface area (TPSA) is 98.7 Å². The van der Waals surface area contributed by atoms with Gasteiger partial charge in [0.25, 0.3) is 0 Å². The molecule has 0 saturated heterocycles. The van der Waals surface area contributed by atoms with Gasteiger partial charge in [-0.15, -0.1) is 0 Å². The zero-order valence-corrected chi connectivity index (χ0v) is 11.2. The van der Waals surface area contributed by atoms with Gasteiger partial charge in [0.05, 0.1) is 6.61 Å². The van der Waals surface area contributed by atoms with Gasteiger partial charge in [-0.3, -0.25) is 0 Å². The van der Waals surface area contributed by atoms with Crippen molar-refractivity contribution in [2.75, 3.05) is 6.61 Å². The maximum Gasteiger partial charge on any atom is 0.328 e. The van der Waals surface area contributed by atoms with E-state index in [-0.39, 0.29) is 6.54 Å². The van der Waals surface area contributed by atoms with Crippen molar-refractivity contribution in [2.24, 2.45) is 0 Å². The number of aliphatic hydroxyl groups is 1. The standard InChI is InChI=1S/C15H16N2O4/c18-9-13(14(19)20)17-15(21)16-8-11-6-3-5-10-4-1-2-7-12(10)11/h1-7,13,18H,8-9H2,(H,19,20)(H2,16,17,21). The normalized spacial score (nSPS) is 11.9. The van der Waals surface area contributed by atoms with Crippen LogP contribution in [0.25, 0.3) is 10.8 Å². The van der Waals surface area contributed by atoms with Gasteiger partial charge in [-0.25, -0.2) is 9.59 Å². The molecule has 6 heteroatoms. The van der Waals surface area contributed by atoms with Gasteiger partial charge in [0.2, 0.25) is 0 Å². The number of urea groups is 1. The molecule has 2 amide bonds. The van der Waals surface area contributed by atoms with E-state index in [1.807, 2.05) is 42.5 Å². The summed E-state index contributed by atoms with van der Waals surface area (Å²) in [6.07, 6.45) is 0. The van der Waals surface area contributed by atoms with E-state index in [2.05, 4.69) is 10.6 Å². The molecule has 0 aliphatic rings. The van der Waals surface area contributed by atoms with Crippen LogP contribution in [-0.2, 0) is 11.3 Å². The molecule has 21 heavy (non-hydrogen) atoms. The summed E-state index contributed by atoms with van der Waals surface area (Å²) >= 11 is 0. The molecular weight excluding hydrogens is 272 g/mol. The lowest BCUT2D eigenvalue weighted by molar-refractivity contribution is -0.140. The first-order valence-corrected chi connectivity index (χ1v) is 6.46. The zero-order chi connectivity index (χ0) is 15.2. The minimum absolute atomic E-state index is 0.269. The van der Waals surface area contributed by atoms with Crippen LogP contribution < -0.4 is 10.6 Å². The Kier molecular flexibility index (Phi) is 4.73. The number of amides is 2. The lowest BCUT2D eigenvalue weighted by atomic mass is 10.0. The van der Waals surface area contributed by atoms with Crippen molar-refractivity contribution in [1.82, 2.24) is 10.6 Å². The maximum absolute atomic E-state index is 11.6. The number of rotatable bonds is 5. The van der Waals surface area contributed by atoms with Crippen molar-refractivity contribution in [2.45, 2.75) is 12.6 Å². The van der Waals surface area contributed by atoms with Gasteiger partial charge in [0.15, 0.2) is 6.04 Å². The van der Waals surface area contributed by atoms with Crippen LogP contribution in [-0.4, -0.2) is 34.9 Å². The first-order chi connectivity index (χ1) is 10.1. The SMILES string of the molecule is O=C(NCc1cccc2ccccc12)NC(CO)C(=O)O. The Bertz CT molecular complexity index is 652. The van der Waals surface area contributed by atoms with Crippen LogP contribution >= 0.6 is 0 Å². The molecule has 0 bridgehead atoms. The van der Waals surface area contributed by atoms with Crippen molar-refractivity contribution in [3.63, 3.8) is 0 Å². The Hall–Kier alpha value is -2.60. The van der Waals surface area contributed by atoms with Crippen LogP contribution in [0, 0.1) is 0 Å². The molecule has 0 radical (unpaired) electrons. The molecule has 110 valence electrons. The molecule has 2 aromatic rings. The molecule has 1 unspecified atom stereocenters. The summed E-state index contributed by atoms with van der Waals surface area (Å²) in [5.41, 5.74) is 0.930. The molecule has 0 saturated carbocycles. The van der Waals surface area contributed by atoms with Crippen molar-refractivity contribution in [1.29, 1.82) is 0 Å². The summed E-state index contributed by atoms with van der Waals surface area (Å²) in [6, 6.07) is 11.6. The van der Waals surface area contributed by atoms with Crippen LogP contribution in [0.2, 0.25) is 0 Å². The molecule has 0 aliphatic carbocycles. The Morgan fingerprint density at radius 1 is 1.10 bits per heavy atom. The predicted octanol–water partition coefficient (Wildman–Crippen LogP) is 1.08. The highest BCUT2D eigenvalue weighted by Gasteiger charge is 2.18. The predicted molar refractivity (Wildman–Crippen MR) is 77.8 cm³/mol. The zero-order valence-electron chi connectivity index (χ0n) is 11.2. The van der Waals surface area contributed by atoms with E-state index in [9.17, 15) is 9.59 Å². The van der Waals surface area contributed by atoms with E-state index in [4.69, 9.17) is 10.2 Å². The molecule has 1 atom stereocenters. The molecule has 0 aromatic heterocycles. The van der Waals surface area contributed by atoms with Crippen LogP contribution in [0.1, 0.15) is 5.56 Å². The third-order valence-corrected chi connectivity index (χ3v) is 3.11. The molecule has 0 heterocycles. The third kappa shape index (κ3) is 3.70. The summed E-state index contributed by atoms with van der Waals surface area (Å²) in [6.45, 7) is -0.387. The Balaban J connectivity index is 2.02. The van der Waals surface area contributed by atoms with E-state index in [0.29, 0.717) is 0 Å². The minimum Gasteiger partial charge on any atom is -0.480 e. The number of carbonyl (C=O) groups is 2. The van der Waals surface area contributed by atoms with Gasteiger partial charge in [0, 0.05) is 6.54 Å². The smallest absolute Gasteiger partial charge is 0.328 e. The quantitative estimate of drug-likeness (QED) is 0.661. The molecule has 2 rings (SSSR count). The lowest BCUT2D eigenvalue weighted by Gasteiger charge is -2.13. The van der Waals surface area contributed by atoms with Crippen molar-refractivity contribution in [3.05, 3.63) is 48.0 Å². The number of aliphatic hydroxyl groups excluding tert-OH is 1. The summed E-state index contributed by atoms with van der Waals surface area (Å²) in [7, 11) is 0. The fraction of sp³-hybridized carbons (Fsp3) is 0.200. The Morgan fingerprint density at radius 3 is 2.52 bits per heavy atom. The van der Waals surface area contributed by atoms with Gasteiger partial charge in [0.1, 0.15) is 0 Å². The number of aliphatic carboxylic acids is 1. The molecule has 4 N–H and O–H groups in total. The maximum atomic E-state index is 11.6. The molecular formula is C15H16N2O4. The molecule has 2 aromatic carbocycles. The number of hydrogen-bond acceptors (Lipinski definition) is 3. The van der Waals surface area contributed by atoms with Crippen LogP contribution in [0.4, 0.5) is 4.79 Å². The summed E-state index contributed by atoms with van der Waals surface area (Å²) < 4.78 is 0. The number of carbonyl (C=O) groups excluding carboxylic acids is 1. The number of hydrogen-bond donors (Lipinski definition) is 4. The van der Waals surface area contributed by atoms with Gasteiger partial charge >= 0.3 is 12.0 Å². The van der Waals surface area contributed by atoms with Crippen LogP contribution in [0.3, 0.4) is 0 Å². The van der Waals surface area contributed by atoms with E-state index >= 15 is 0 Å². The Labute approximate surface area is 121 Å². The second-order valence-corrected chi connectivity index (χ2v) is 4.54. The van der Waals surface area contributed by atoms with Crippen LogP contribution in [0.15, 0.2) is 42.5 Å². The van der Waals surface area contributed by atoms with Gasteiger partial charge in [-0.05, 0) is 16.3 Å². The number of nitrogens with one attached hydrogen (secondary N) is 2. The van der Waals surface area contributed by atoms with E-state index < -0.39 is 24.6 Å². The van der Waals surface area contributed by atoms with Crippen LogP contribution in [0.5, 0.6) is 0 Å². The van der Waals surface area contributed by atoms with Gasteiger partial charge in [-0.2, -0.15) is 0 Å². The largest absolute Gasteiger partial charge is 0.480 e. The van der Waals surface area contributed by atoms with E-state index in [1.165, 1.54) is 0 Å². The Morgan fingerprint density at radius 2 is 1.81 bits per heavy atom. The average molecular weight is 288 g/mol. The average Bonchev–Trinajstić information content (AvgIpc) is 2.50. The number of fused-ring (bicyclic) bond motifs is 1. The molecule has 6 nitrogen and oxygen atoms in total. The second-order valence-electron chi connectivity index (χ2n) is 4.54. The first-order valence-electron chi connectivity index (χ1n) is 6.46. The molecule has 0 fully saturated rings. The summed E-state index contributed by atoms with van der Waals surface area (Å²) in [5.74, 6) is -1.28. The lowest BCUT2D eigenvalue weighted by Crippen LogP contribution is -2.47. The first kappa shape index (κ1) is 14.8. The second kappa shape index (κ2) is 6.71. The van der Waals surface area contributed by atoms with E-state index in [0.717, 1.165) is 16.3 Å². The summed E-state index contributed by atoms with van der Waals surface area (Å²) in [4.78, 5) is 22.3. The summed E-state index contributed by atoms with van der Waals surface area (Å²) in [5, 5.41) is 24.5. The molecule has 0 aliphatic heterocycles. The fourth-order valence-corrected chi connectivity index (χ4v) is 2.02.